The molecule has 1 heterocycles. The molecule has 0 radical (unpaired) electrons. The number of carbonyl (C=O) groups is 2. The minimum absolute atomic E-state index is 0.0175. The summed E-state index contributed by atoms with van der Waals surface area (Å²) < 4.78 is 15.9. The monoisotopic (exact) mass is 398 g/mol. The maximum absolute atomic E-state index is 12.6. The van der Waals surface area contributed by atoms with Gasteiger partial charge in [0, 0.05) is 31.7 Å². The van der Waals surface area contributed by atoms with Crippen LogP contribution in [0.25, 0.3) is 0 Å². The predicted molar refractivity (Wildman–Crippen MR) is 108 cm³/mol. The number of rotatable bonds is 7. The topological polar surface area (TPSA) is 68.3 Å². The Kier molecular flexibility index (Phi) is 7.08. The van der Waals surface area contributed by atoms with E-state index in [9.17, 15) is 9.59 Å². The van der Waals surface area contributed by atoms with Crippen LogP contribution < -0.4 is 9.47 Å². The summed E-state index contributed by atoms with van der Waals surface area (Å²) >= 11 is 0. The molecule has 0 aromatic heterocycles. The van der Waals surface area contributed by atoms with E-state index < -0.39 is 0 Å². The second kappa shape index (κ2) is 9.93. The van der Waals surface area contributed by atoms with Gasteiger partial charge in [-0.15, -0.1) is 0 Å². The molecule has 2 amide bonds. The van der Waals surface area contributed by atoms with E-state index in [-0.39, 0.29) is 18.4 Å². The van der Waals surface area contributed by atoms with Gasteiger partial charge in [-0.2, -0.15) is 0 Å². The zero-order valence-corrected chi connectivity index (χ0v) is 16.8. The number of nitrogens with zero attached hydrogens (tertiary/aromatic N) is 2. The average molecular weight is 398 g/mol. The zero-order valence-electron chi connectivity index (χ0n) is 16.8. The fourth-order valence-corrected chi connectivity index (χ4v) is 3.18. The van der Waals surface area contributed by atoms with Gasteiger partial charge in [-0.25, -0.2) is 0 Å². The molecule has 2 aromatic rings. The van der Waals surface area contributed by atoms with Crippen molar-refractivity contribution in [2.24, 2.45) is 0 Å². The number of amides is 2. The Balaban J connectivity index is 1.43. The smallest absolute Gasteiger partial charge is 0.253 e. The van der Waals surface area contributed by atoms with Crippen LogP contribution in [0.1, 0.15) is 15.9 Å². The summed E-state index contributed by atoms with van der Waals surface area (Å²) in [5.41, 5.74) is 1.57. The van der Waals surface area contributed by atoms with Crippen LogP contribution >= 0.6 is 0 Å². The fourth-order valence-electron chi connectivity index (χ4n) is 3.18. The molecule has 0 atom stereocenters. The number of carbonyl (C=O) groups excluding carboxylic acids is 2. The van der Waals surface area contributed by atoms with Gasteiger partial charge < -0.3 is 24.0 Å². The number of hydrogen-bond donors (Lipinski definition) is 0. The number of methoxy groups -OCH3 is 2. The van der Waals surface area contributed by atoms with E-state index in [1.807, 2.05) is 24.3 Å². The normalized spacial score (nSPS) is 13.9. The molecule has 0 bridgehead atoms. The van der Waals surface area contributed by atoms with E-state index in [0.717, 1.165) is 11.3 Å². The highest BCUT2D eigenvalue weighted by Gasteiger charge is 2.24. The van der Waals surface area contributed by atoms with Gasteiger partial charge >= 0.3 is 0 Å². The average Bonchev–Trinajstić information content (AvgIpc) is 2.79. The molecule has 0 saturated carbocycles. The summed E-state index contributed by atoms with van der Waals surface area (Å²) in [7, 11) is 3.20. The van der Waals surface area contributed by atoms with Crippen molar-refractivity contribution in [2.75, 3.05) is 47.0 Å². The van der Waals surface area contributed by atoms with E-state index in [1.165, 1.54) is 0 Å². The standard InChI is InChI=1S/C22H26N2O5/c1-27-19-8-6-18(7-9-19)22(26)24-12-10-23(11-13-24)21(25)16-29-15-17-4-3-5-20(14-17)28-2/h3-9,14H,10-13,15-16H2,1-2H3. The third-order valence-corrected chi connectivity index (χ3v) is 4.88. The molecule has 3 rings (SSSR count). The van der Waals surface area contributed by atoms with Gasteiger partial charge in [0.15, 0.2) is 0 Å². The van der Waals surface area contributed by atoms with Crippen molar-refractivity contribution in [3.8, 4) is 11.5 Å². The lowest BCUT2D eigenvalue weighted by atomic mass is 10.1. The fraction of sp³-hybridized carbons (Fsp3) is 0.364. The van der Waals surface area contributed by atoms with Crippen LogP contribution in [0, 0.1) is 0 Å². The summed E-state index contributed by atoms with van der Waals surface area (Å²) in [6.07, 6.45) is 0. The van der Waals surface area contributed by atoms with Gasteiger partial charge in [-0.3, -0.25) is 9.59 Å². The Morgan fingerprint density at radius 1 is 0.862 bits per heavy atom. The van der Waals surface area contributed by atoms with Crippen molar-refractivity contribution in [3.63, 3.8) is 0 Å². The highest BCUT2D eigenvalue weighted by Crippen LogP contribution is 2.15. The lowest BCUT2D eigenvalue weighted by Crippen LogP contribution is -2.51. The Hall–Kier alpha value is -3.06. The quantitative estimate of drug-likeness (QED) is 0.715. The molecule has 0 N–H and O–H groups in total. The highest BCUT2D eigenvalue weighted by molar-refractivity contribution is 5.94. The van der Waals surface area contributed by atoms with Crippen molar-refractivity contribution in [1.82, 2.24) is 9.80 Å². The summed E-state index contributed by atoms with van der Waals surface area (Å²) in [6.45, 7) is 2.38. The first-order valence-electron chi connectivity index (χ1n) is 9.52. The molecule has 0 spiro atoms. The van der Waals surface area contributed by atoms with Crippen LogP contribution in [0.5, 0.6) is 11.5 Å². The van der Waals surface area contributed by atoms with Crippen LogP contribution in [0.15, 0.2) is 48.5 Å². The molecule has 7 heteroatoms. The summed E-state index contributed by atoms with van der Waals surface area (Å²) in [5.74, 6) is 1.37. The highest BCUT2D eigenvalue weighted by atomic mass is 16.5. The molecule has 0 aliphatic carbocycles. The molecule has 0 unspecified atom stereocenters. The maximum atomic E-state index is 12.6. The SMILES string of the molecule is COc1ccc(C(=O)N2CCN(C(=O)COCc3cccc(OC)c3)CC2)cc1. The number of ether oxygens (including phenoxy) is 3. The van der Waals surface area contributed by atoms with Crippen molar-refractivity contribution >= 4 is 11.8 Å². The first kappa shape index (κ1) is 20.7. The molecule has 1 aliphatic rings. The van der Waals surface area contributed by atoms with E-state index in [4.69, 9.17) is 14.2 Å². The van der Waals surface area contributed by atoms with E-state index in [2.05, 4.69) is 0 Å². The Morgan fingerprint density at radius 2 is 1.52 bits per heavy atom. The third kappa shape index (κ3) is 5.48. The molecule has 7 nitrogen and oxygen atoms in total. The van der Waals surface area contributed by atoms with Crippen molar-refractivity contribution in [1.29, 1.82) is 0 Å². The molecule has 1 fully saturated rings. The number of piperazine rings is 1. The number of hydrogen-bond acceptors (Lipinski definition) is 5. The molecular formula is C22H26N2O5. The molecule has 154 valence electrons. The van der Waals surface area contributed by atoms with Gasteiger partial charge in [-0.1, -0.05) is 12.1 Å². The van der Waals surface area contributed by atoms with Crippen molar-refractivity contribution in [2.45, 2.75) is 6.61 Å². The predicted octanol–water partition coefficient (Wildman–Crippen LogP) is 2.20. The van der Waals surface area contributed by atoms with Gasteiger partial charge in [0.25, 0.3) is 5.91 Å². The first-order valence-corrected chi connectivity index (χ1v) is 9.52. The summed E-state index contributed by atoms with van der Waals surface area (Å²) in [5, 5.41) is 0. The van der Waals surface area contributed by atoms with E-state index >= 15 is 0 Å². The van der Waals surface area contributed by atoms with E-state index in [1.54, 1.807) is 48.3 Å². The van der Waals surface area contributed by atoms with Crippen LogP contribution in [0.2, 0.25) is 0 Å². The third-order valence-electron chi connectivity index (χ3n) is 4.88. The minimum atomic E-state index is -0.0653. The van der Waals surface area contributed by atoms with Crippen LogP contribution in [-0.4, -0.2) is 68.6 Å². The second-order valence-electron chi connectivity index (χ2n) is 6.75. The first-order chi connectivity index (χ1) is 14.1. The summed E-state index contributed by atoms with van der Waals surface area (Å²) in [6, 6.07) is 14.6. The van der Waals surface area contributed by atoms with Crippen LogP contribution in [0.4, 0.5) is 0 Å². The molecule has 1 aliphatic heterocycles. The maximum Gasteiger partial charge on any atom is 0.253 e. The molecule has 29 heavy (non-hydrogen) atoms. The minimum Gasteiger partial charge on any atom is -0.497 e. The van der Waals surface area contributed by atoms with Crippen molar-refractivity contribution < 1.29 is 23.8 Å². The largest absolute Gasteiger partial charge is 0.497 e. The van der Waals surface area contributed by atoms with E-state index in [0.29, 0.717) is 44.1 Å². The van der Waals surface area contributed by atoms with Crippen LogP contribution in [-0.2, 0) is 16.1 Å². The molecule has 2 aromatic carbocycles. The Morgan fingerprint density at radius 3 is 2.17 bits per heavy atom. The van der Waals surface area contributed by atoms with Gasteiger partial charge in [0.2, 0.25) is 5.91 Å². The summed E-state index contributed by atoms with van der Waals surface area (Å²) in [4.78, 5) is 28.5. The zero-order chi connectivity index (χ0) is 20.6. The molecule has 1 saturated heterocycles. The van der Waals surface area contributed by atoms with Gasteiger partial charge in [-0.05, 0) is 42.0 Å². The Bertz CT molecular complexity index is 829. The number of benzene rings is 2. The van der Waals surface area contributed by atoms with Gasteiger partial charge in [0.05, 0.1) is 20.8 Å². The lowest BCUT2D eigenvalue weighted by Gasteiger charge is -2.34. The van der Waals surface area contributed by atoms with Gasteiger partial charge in [0.1, 0.15) is 18.1 Å². The Labute approximate surface area is 170 Å². The van der Waals surface area contributed by atoms with Crippen molar-refractivity contribution in [3.05, 3.63) is 59.7 Å². The van der Waals surface area contributed by atoms with Crippen LogP contribution in [0.3, 0.4) is 0 Å². The molecular weight excluding hydrogens is 372 g/mol. The lowest BCUT2D eigenvalue weighted by molar-refractivity contribution is -0.138. The second-order valence-corrected chi connectivity index (χ2v) is 6.75.